The zero-order chi connectivity index (χ0) is 17.4. The third kappa shape index (κ3) is 3.76. The standard InChI is InChI=1S/C17H19F2NO2S/c1-10-7-11(2)17(12(3)8-10)23(21,22)20-13(4)14-5-6-15(18)16(19)9-14/h5-9,13,20H,1-4H3/t13-/m1/s1. The number of sulfonamides is 1. The highest BCUT2D eigenvalue weighted by Crippen LogP contribution is 2.24. The topological polar surface area (TPSA) is 46.2 Å². The van der Waals surface area contributed by atoms with Crippen LogP contribution in [-0.2, 0) is 10.0 Å². The van der Waals surface area contributed by atoms with Gasteiger partial charge in [0.1, 0.15) is 0 Å². The number of nitrogens with one attached hydrogen (secondary N) is 1. The van der Waals surface area contributed by atoms with Crippen molar-refractivity contribution in [3.63, 3.8) is 0 Å². The number of hydrogen-bond acceptors (Lipinski definition) is 2. The van der Waals surface area contributed by atoms with E-state index in [-0.39, 0.29) is 4.90 Å². The van der Waals surface area contributed by atoms with Crippen LogP contribution in [0, 0.1) is 32.4 Å². The average Bonchev–Trinajstić information content (AvgIpc) is 2.39. The van der Waals surface area contributed by atoms with Gasteiger partial charge in [-0.15, -0.1) is 0 Å². The summed E-state index contributed by atoms with van der Waals surface area (Å²) in [5, 5.41) is 0. The van der Waals surface area contributed by atoms with Crippen molar-refractivity contribution in [3.8, 4) is 0 Å². The Morgan fingerprint density at radius 2 is 1.52 bits per heavy atom. The molecule has 0 aromatic heterocycles. The Kier molecular flexibility index (Phi) is 4.87. The first kappa shape index (κ1) is 17.6. The van der Waals surface area contributed by atoms with Gasteiger partial charge in [0.25, 0.3) is 0 Å². The molecule has 0 aliphatic carbocycles. The van der Waals surface area contributed by atoms with Crippen LogP contribution in [0.5, 0.6) is 0 Å². The third-order valence-electron chi connectivity index (χ3n) is 3.65. The lowest BCUT2D eigenvalue weighted by atomic mass is 10.1. The fourth-order valence-corrected chi connectivity index (χ4v) is 4.42. The van der Waals surface area contributed by atoms with E-state index in [1.165, 1.54) is 6.07 Å². The minimum absolute atomic E-state index is 0.220. The molecule has 1 N–H and O–H groups in total. The molecule has 0 aliphatic heterocycles. The number of aryl methyl sites for hydroxylation is 3. The molecule has 1 atom stereocenters. The summed E-state index contributed by atoms with van der Waals surface area (Å²) >= 11 is 0. The molecule has 124 valence electrons. The third-order valence-corrected chi connectivity index (χ3v) is 5.49. The number of halogens is 2. The fraction of sp³-hybridized carbons (Fsp3) is 0.294. The summed E-state index contributed by atoms with van der Waals surface area (Å²) in [6.07, 6.45) is 0. The first-order valence-electron chi connectivity index (χ1n) is 7.17. The van der Waals surface area contributed by atoms with Crippen LogP contribution in [0.3, 0.4) is 0 Å². The quantitative estimate of drug-likeness (QED) is 0.917. The summed E-state index contributed by atoms with van der Waals surface area (Å²) in [6.45, 7) is 6.95. The van der Waals surface area contributed by atoms with Gasteiger partial charge in [-0.3, -0.25) is 0 Å². The van der Waals surface area contributed by atoms with E-state index in [0.29, 0.717) is 16.7 Å². The predicted molar refractivity (Wildman–Crippen MR) is 85.7 cm³/mol. The summed E-state index contributed by atoms with van der Waals surface area (Å²) in [7, 11) is -3.77. The first-order valence-corrected chi connectivity index (χ1v) is 8.65. The van der Waals surface area contributed by atoms with Gasteiger partial charge in [-0.05, 0) is 56.5 Å². The number of hydrogen-bond donors (Lipinski definition) is 1. The molecule has 2 aromatic carbocycles. The second-order valence-corrected chi connectivity index (χ2v) is 7.40. The van der Waals surface area contributed by atoms with Gasteiger partial charge in [-0.1, -0.05) is 23.8 Å². The van der Waals surface area contributed by atoms with Crippen LogP contribution in [0.25, 0.3) is 0 Å². The fourth-order valence-electron chi connectivity index (χ4n) is 2.73. The SMILES string of the molecule is Cc1cc(C)c(S(=O)(=O)N[C@H](C)c2ccc(F)c(F)c2)c(C)c1. The van der Waals surface area contributed by atoms with E-state index in [9.17, 15) is 17.2 Å². The lowest BCUT2D eigenvalue weighted by Gasteiger charge is -2.18. The van der Waals surface area contributed by atoms with E-state index in [2.05, 4.69) is 4.72 Å². The molecule has 0 saturated carbocycles. The van der Waals surface area contributed by atoms with Crippen LogP contribution in [0.1, 0.15) is 35.2 Å². The van der Waals surface area contributed by atoms with Crippen LogP contribution in [-0.4, -0.2) is 8.42 Å². The Bertz CT molecular complexity index is 825. The van der Waals surface area contributed by atoms with E-state index in [0.717, 1.165) is 17.7 Å². The maximum Gasteiger partial charge on any atom is 0.241 e. The molecule has 2 rings (SSSR count). The summed E-state index contributed by atoms with van der Waals surface area (Å²) in [5.74, 6) is -1.97. The second-order valence-electron chi connectivity index (χ2n) is 5.74. The molecule has 6 heteroatoms. The van der Waals surface area contributed by atoms with Crippen molar-refractivity contribution in [2.75, 3.05) is 0 Å². The molecule has 0 unspecified atom stereocenters. The van der Waals surface area contributed by atoms with Crippen LogP contribution >= 0.6 is 0 Å². The zero-order valence-electron chi connectivity index (χ0n) is 13.4. The maximum atomic E-state index is 13.3. The van der Waals surface area contributed by atoms with Crippen LogP contribution in [0.4, 0.5) is 8.78 Å². The highest BCUT2D eigenvalue weighted by molar-refractivity contribution is 7.89. The molecule has 2 aromatic rings. The maximum absolute atomic E-state index is 13.3. The molecule has 0 saturated heterocycles. The van der Waals surface area contributed by atoms with Gasteiger partial charge in [0.05, 0.1) is 4.90 Å². The van der Waals surface area contributed by atoms with Gasteiger partial charge in [0, 0.05) is 6.04 Å². The normalized spacial score (nSPS) is 13.1. The molecule has 0 radical (unpaired) electrons. The van der Waals surface area contributed by atoms with Crippen LogP contribution in [0.15, 0.2) is 35.2 Å². The van der Waals surface area contributed by atoms with Gasteiger partial charge in [-0.2, -0.15) is 0 Å². The molecular weight excluding hydrogens is 320 g/mol. The average molecular weight is 339 g/mol. The number of rotatable bonds is 4. The van der Waals surface area contributed by atoms with Gasteiger partial charge in [-0.25, -0.2) is 21.9 Å². The summed E-state index contributed by atoms with van der Waals surface area (Å²) in [6, 6.07) is 6.25. The van der Waals surface area contributed by atoms with Crippen LogP contribution in [0.2, 0.25) is 0 Å². The van der Waals surface area contributed by atoms with E-state index < -0.39 is 27.7 Å². The monoisotopic (exact) mass is 339 g/mol. The van der Waals surface area contributed by atoms with E-state index >= 15 is 0 Å². The second kappa shape index (κ2) is 6.37. The Hall–Kier alpha value is -1.79. The lowest BCUT2D eigenvalue weighted by molar-refractivity contribution is 0.504. The molecule has 0 fully saturated rings. The molecule has 0 amide bonds. The van der Waals surface area contributed by atoms with Crippen molar-refractivity contribution in [3.05, 3.63) is 64.2 Å². The van der Waals surface area contributed by atoms with Crippen molar-refractivity contribution in [1.82, 2.24) is 4.72 Å². The van der Waals surface area contributed by atoms with Crippen LogP contribution < -0.4 is 4.72 Å². The van der Waals surface area contributed by atoms with Gasteiger partial charge in [0.15, 0.2) is 11.6 Å². The number of benzene rings is 2. The molecule has 0 heterocycles. The molecule has 0 spiro atoms. The van der Waals surface area contributed by atoms with E-state index in [1.807, 2.05) is 6.92 Å². The lowest BCUT2D eigenvalue weighted by Crippen LogP contribution is -2.28. The summed E-state index contributed by atoms with van der Waals surface area (Å²) in [4.78, 5) is 0.220. The highest BCUT2D eigenvalue weighted by atomic mass is 32.2. The summed E-state index contributed by atoms with van der Waals surface area (Å²) < 4.78 is 54.1. The van der Waals surface area contributed by atoms with Crippen molar-refractivity contribution >= 4 is 10.0 Å². The minimum Gasteiger partial charge on any atom is -0.207 e. The molecule has 0 aliphatic rings. The molecule has 3 nitrogen and oxygen atoms in total. The first-order chi connectivity index (χ1) is 10.6. The van der Waals surface area contributed by atoms with Crippen molar-refractivity contribution in [2.45, 2.75) is 38.6 Å². The summed E-state index contributed by atoms with van der Waals surface area (Å²) in [5.41, 5.74) is 2.63. The smallest absolute Gasteiger partial charge is 0.207 e. The van der Waals surface area contributed by atoms with Gasteiger partial charge < -0.3 is 0 Å². The Balaban J connectivity index is 2.36. The van der Waals surface area contributed by atoms with Gasteiger partial charge in [0.2, 0.25) is 10.0 Å². The Labute approximate surface area is 135 Å². The molecule has 0 bridgehead atoms. The zero-order valence-corrected chi connectivity index (χ0v) is 14.3. The Morgan fingerprint density at radius 3 is 2.04 bits per heavy atom. The minimum atomic E-state index is -3.77. The predicted octanol–water partition coefficient (Wildman–Crippen LogP) is 3.93. The van der Waals surface area contributed by atoms with Crippen molar-refractivity contribution in [2.24, 2.45) is 0 Å². The van der Waals surface area contributed by atoms with Crippen molar-refractivity contribution in [1.29, 1.82) is 0 Å². The Morgan fingerprint density at radius 1 is 0.957 bits per heavy atom. The largest absolute Gasteiger partial charge is 0.241 e. The molecular formula is C17H19F2NO2S. The van der Waals surface area contributed by atoms with E-state index in [4.69, 9.17) is 0 Å². The van der Waals surface area contributed by atoms with Gasteiger partial charge >= 0.3 is 0 Å². The van der Waals surface area contributed by atoms with E-state index in [1.54, 1.807) is 32.9 Å². The van der Waals surface area contributed by atoms with Crippen molar-refractivity contribution < 1.29 is 17.2 Å². The molecule has 23 heavy (non-hydrogen) atoms. The highest BCUT2D eigenvalue weighted by Gasteiger charge is 2.23.